The van der Waals surface area contributed by atoms with Crippen molar-refractivity contribution >= 4 is 55.7 Å². The third-order valence-electron chi connectivity index (χ3n) is 2.99. The molecule has 0 aliphatic carbocycles. The predicted molar refractivity (Wildman–Crippen MR) is 87.6 cm³/mol. The van der Waals surface area contributed by atoms with Gasteiger partial charge in [-0.2, -0.15) is 0 Å². The van der Waals surface area contributed by atoms with E-state index in [-0.39, 0.29) is 5.91 Å². The van der Waals surface area contributed by atoms with Crippen molar-refractivity contribution in [1.29, 1.82) is 0 Å². The molecule has 0 spiro atoms. The summed E-state index contributed by atoms with van der Waals surface area (Å²) in [5.41, 5.74) is 8.18. The van der Waals surface area contributed by atoms with E-state index < -0.39 is 0 Å². The Hall–Kier alpha value is -2.05. The van der Waals surface area contributed by atoms with Crippen molar-refractivity contribution in [3.63, 3.8) is 0 Å². The average molecular weight is 366 g/mol. The smallest absolute Gasteiger partial charge is 0.272 e. The Morgan fingerprint density at radius 3 is 2.90 bits per heavy atom. The number of benzene rings is 1. The number of nitrogen functional groups attached to an aromatic ring is 1. The van der Waals surface area contributed by atoms with Gasteiger partial charge in [0.05, 0.1) is 27.6 Å². The van der Waals surface area contributed by atoms with Gasteiger partial charge in [-0.05, 0) is 34.1 Å². The van der Waals surface area contributed by atoms with Gasteiger partial charge >= 0.3 is 0 Å². The number of halogens is 2. The van der Waals surface area contributed by atoms with Crippen molar-refractivity contribution in [2.24, 2.45) is 0 Å². The first-order chi connectivity index (χ1) is 10.0. The maximum absolute atomic E-state index is 12.2. The standard InChI is InChI=1S/C14H10BrClN4O/c15-9-5-8(6-18-13(9)16)19-14(21)11-4-7-2-1-3-10(17)12(7)20-11/h1-6,20H,17H2,(H,19,21). The highest BCUT2D eigenvalue weighted by Gasteiger charge is 2.12. The fourth-order valence-corrected chi connectivity index (χ4v) is 2.44. The van der Waals surface area contributed by atoms with Crippen LogP contribution in [0.2, 0.25) is 5.15 Å². The SMILES string of the molecule is Nc1cccc2cc(C(=O)Nc3cnc(Cl)c(Br)c3)[nH]c12. The number of pyridine rings is 1. The molecule has 0 radical (unpaired) electrons. The molecule has 3 aromatic rings. The number of rotatable bonds is 2. The number of aromatic nitrogens is 2. The molecule has 1 aromatic carbocycles. The molecular weight excluding hydrogens is 356 g/mol. The third-order valence-corrected chi connectivity index (χ3v) is 4.12. The molecule has 106 valence electrons. The van der Waals surface area contributed by atoms with E-state index in [0.29, 0.717) is 26.7 Å². The Morgan fingerprint density at radius 1 is 1.38 bits per heavy atom. The predicted octanol–water partition coefficient (Wildman–Crippen LogP) is 3.81. The van der Waals surface area contributed by atoms with Crippen LogP contribution < -0.4 is 11.1 Å². The lowest BCUT2D eigenvalue weighted by molar-refractivity contribution is 0.102. The Labute approximate surface area is 133 Å². The molecule has 0 atom stereocenters. The second-order valence-electron chi connectivity index (χ2n) is 4.45. The summed E-state index contributed by atoms with van der Waals surface area (Å²) in [7, 11) is 0. The Bertz CT molecular complexity index is 846. The summed E-state index contributed by atoms with van der Waals surface area (Å²) < 4.78 is 0.614. The summed E-state index contributed by atoms with van der Waals surface area (Å²) in [6.45, 7) is 0. The van der Waals surface area contributed by atoms with Gasteiger partial charge in [-0.25, -0.2) is 4.98 Å². The van der Waals surface area contributed by atoms with Gasteiger partial charge < -0.3 is 16.0 Å². The highest BCUT2D eigenvalue weighted by atomic mass is 79.9. The fourth-order valence-electron chi connectivity index (χ4n) is 1.99. The molecule has 7 heteroatoms. The first-order valence-electron chi connectivity index (χ1n) is 6.04. The van der Waals surface area contributed by atoms with E-state index in [0.717, 1.165) is 10.9 Å². The van der Waals surface area contributed by atoms with Crippen molar-refractivity contribution in [3.05, 3.63) is 51.8 Å². The van der Waals surface area contributed by atoms with Gasteiger partial charge in [-0.1, -0.05) is 23.7 Å². The second-order valence-corrected chi connectivity index (χ2v) is 5.66. The summed E-state index contributed by atoms with van der Waals surface area (Å²) in [5.74, 6) is -0.276. The van der Waals surface area contributed by atoms with Gasteiger partial charge in [0.15, 0.2) is 0 Å². The van der Waals surface area contributed by atoms with Crippen LogP contribution in [0.15, 0.2) is 41.0 Å². The van der Waals surface area contributed by atoms with Crippen LogP contribution in [0.25, 0.3) is 10.9 Å². The molecule has 0 bridgehead atoms. The molecule has 0 aliphatic rings. The number of nitrogens with zero attached hydrogens (tertiary/aromatic N) is 1. The molecule has 0 saturated carbocycles. The molecule has 0 aliphatic heterocycles. The number of fused-ring (bicyclic) bond motifs is 1. The highest BCUT2D eigenvalue weighted by Crippen LogP contribution is 2.24. The zero-order valence-electron chi connectivity index (χ0n) is 10.7. The van der Waals surface area contributed by atoms with Crippen molar-refractivity contribution in [1.82, 2.24) is 9.97 Å². The minimum atomic E-state index is -0.276. The summed E-state index contributed by atoms with van der Waals surface area (Å²) in [5, 5.41) is 3.97. The first-order valence-corrected chi connectivity index (χ1v) is 7.21. The van der Waals surface area contributed by atoms with E-state index in [1.165, 1.54) is 6.20 Å². The van der Waals surface area contributed by atoms with Crippen LogP contribution in [-0.2, 0) is 0 Å². The third kappa shape index (κ3) is 2.72. The molecule has 1 amide bonds. The topological polar surface area (TPSA) is 83.8 Å². The van der Waals surface area contributed by atoms with E-state index in [4.69, 9.17) is 17.3 Å². The molecule has 0 saturated heterocycles. The lowest BCUT2D eigenvalue weighted by Crippen LogP contribution is -2.12. The van der Waals surface area contributed by atoms with Crippen LogP contribution in [0.4, 0.5) is 11.4 Å². The van der Waals surface area contributed by atoms with Gasteiger partial charge in [-0.3, -0.25) is 4.79 Å². The zero-order chi connectivity index (χ0) is 15.0. The maximum atomic E-state index is 12.2. The lowest BCUT2D eigenvalue weighted by Gasteiger charge is -2.04. The summed E-state index contributed by atoms with van der Waals surface area (Å²) in [6, 6.07) is 8.94. The van der Waals surface area contributed by atoms with Crippen molar-refractivity contribution in [2.75, 3.05) is 11.1 Å². The number of carbonyl (C=O) groups excluding carboxylic acids is 1. The molecule has 4 N–H and O–H groups in total. The number of nitrogens with two attached hydrogens (primary N) is 1. The number of H-pyrrole nitrogens is 1. The van der Waals surface area contributed by atoms with Crippen molar-refractivity contribution in [2.45, 2.75) is 0 Å². The molecule has 2 aromatic heterocycles. The molecule has 5 nitrogen and oxygen atoms in total. The number of aromatic amines is 1. The number of anilines is 2. The van der Waals surface area contributed by atoms with E-state index in [1.807, 2.05) is 12.1 Å². The van der Waals surface area contributed by atoms with Crippen LogP contribution in [0, 0.1) is 0 Å². The number of hydrogen-bond acceptors (Lipinski definition) is 3. The second kappa shape index (κ2) is 5.38. The van der Waals surface area contributed by atoms with Gasteiger partial charge in [0.1, 0.15) is 10.8 Å². The zero-order valence-corrected chi connectivity index (χ0v) is 13.0. The Morgan fingerprint density at radius 2 is 2.19 bits per heavy atom. The van der Waals surface area contributed by atoms with Gasteiger partial charge in [0.2, 0.25) is 0 Å². The van der Waals surface area contributed by atoms with E-state index in [9.17, 15) is 4.79 Å². The minimum Gasteiger partial charge on any atom is -0.397 e. The lowest BCUT2D eigenvalue weighted by atomic mass is 10.2. The monoisotopic (exact) mass is 364 g/mol. The largest absolute Gasteiger partial charge is 0.397 e. The quantitative estimate of drug-likeness (QED) is 0.477. The van der Waals surface area contributed by atoms with Crippen LogP contribution in [-0.4, -0.2) is 15.9 Å². The summed E-state index contributed by atoms with van der Waals surface area (Å²) >= 11 is 9.07. The van der Waals surface area contributed by atoms with Crippen LogP contribution in [0.3, 0.4) is 0 Å². The summed E-state index contributed by atoms with van der Waals surface area (Å²) in [4.78, 5) is 19.2. The molecular formula is C14H10BrClN4O. The van der Waals surface area contributed by atoms with Gasteiger partial charge in [0.25, 0.3) is 5.91 Å². The molecule has 0 fully saturated rings. The van der Waals surface area contributed by atoms with Gasteiger partial charge in [-0.15, -0.1) is 0 Å². The minimum absolute atomic E-state index is 0.276. The van der Waals surface area contributed by atoms with E-state index in [2.05, 4.69) is 31.2 Å². The maximum Gasteiger partial charge on any atom is 0.272 e. The van der Waals surface area contributed by atoms with Crippen LogP contribution >= 0.6 is 27.5 Å². The first kappa shape index (κ1) is 13.9. The molecule has 21 heavy (non-hydrogen) atoms. The highest BCUT2D eigenvalue weighted by molar-refractivity contribution is 9.10. The Kier molecular flexibility index (Phi) is 3.57. The number of nitrogens with one attached hydrogen (secondary N) is 2. The summed E-state index contributed by atoms with van der Waals surface area (Å²) in [6.07, 6.45) is 1.49. The molecule has 0 unspecified atom stereocenters. The number of hydrogen-bond donors (Lipinski definition) is 3. The van der Waals surface area contributed by atoms with Crippen molar-refractivity contribution < 1.29 is 4.79 Å². The van der Waals surface area contributed by atoms with Gasteiger partial charge in [0, 0.05) is 5.39 Å². The fraction of sp³-hybridized carbons (Fsp3) is 0. The van der Waals surface area contributed by atoms with E-state index in [1.54, 1.807) is 18.2 Å². The van der Waals surface area contributed by atoms with E-state index >= 15 is 0 Å². The Balaban J connectivity index is 1.90. The number of para-hydroxylation sites is 1. The van der Waals surface area contributed by atoms with Crippen LogP contribution in [0.5, 0.6) is 0 Å². The number of carbonyl (C=O) groups is 1. The molecule has 2 heterocycles. The number of amides is 1. The average Bonchev–Trinajstić information content (AvgIpc) is 2.89. The van der Waals surface area contributed by atoms with Crippen molar-refractivity contribution in [3.8, 4) is 0 Å². The van der Waals surface area contributed by atoms with Crippen LogP contribution in [0.1, 0.15) is 10.5 Å². The normalized spacial score (nSPS) is 10.8. The molecule has 3 rings (SSSR count).